The molecule has 0 heterocycles. The molecule has 17 heavy (non-hydrogen) atoms. The van der Waals surface area contributed by atoms with Crippen LogP contribution in [0.5, 0.6) is 0 Å². The fourth-order valence-corrected chi connectivity index (χ4v) is 2.58. The van der Waals surface area contributed by atoms with Crippen LogP contribution in [-0.2, 0) is 0 Å². The van der Waals surface area contributed by atoms with Crippen LogP contribution in [0.25, 0.3) is 0 Å². The van der Waals surface area contributed by atoms with Gasteiger partial charge in [0, 0.05) is 6.04 Å². The average Bonchev–Trinajstić information content (AvgIpc) is 2.25. The minimum absolute atomic E-state index is 0.525. The molecule has 0 saturated heterocycles. The van der Waals surface area contributed by atoms with Crippen molar-refractivity contribution in [2.45, 2.75) is 52.5 Å². The molecule has 0 bridgehead atoms. The number of anilines is 2. The lowest BCUT2D eigenvalue weighted by Crippen LogP contribution is -2.30. The second kappa shape index (κ2) is 4.59. The zero-order chi connectivity index (χ0) is 12.5. The van der Waals surface area contributed by atoms with Crippen molar-refractivity contribution in [3.8, 4) is 0 Å². The van der Waals surface area contributed by atoms with Gasteiger partial charge in [-0.1, -0.05) is 19.9 Å². The summed E-state index contributed by atoms with van der Waals surface area (Å²) in [7, 11) is 0. The van der Waals surface area contributed by atoms with E-state index in [1.165, 1.54) is 31.2 Å². The smallest absolute Gasteiger partial charge is 0.0576 e. The molecule has 0 atom stereocenters. The monoisotopic (exact) mass is 232 g/mol. The second-order valence-corrected chi connectivity index (χ2v) is 6.17. The normalized spacial score (nSPS) is 20.2. The van der Waals surface area contributed by atoms with Crippen molar-refractivity contribution >= 4 is 11.4 Å². The molecule has 0 amide bonds. The van der Waals surface area contributed by atoms with Crippen molar-refractivity contribution in [2.75, 3.05) is 11.1 Å². The van der Waals surface area contributed by atoms with Crippen molar-refractivity contribution in [1.82, 2.24) is 0 Å². The van der Waals surface area contributed by atoms with E-state index in [9.17, 15) is 0 Å². The van der Waals surface area contributed by atoms with Crippen LogP contribution in [0.1, 0.15) is 45.1 Å². The molecule has 1 aliphatic rings. The largest absolute Gasteiger partial charge is 0.397 e. The van der Waals surface area contributed by atoms with Crippen LogP contribution in [0, 0.1) is 12.3 Å². The number of aryl methyl sites for hydroxylation is 1. The fraction of sp³-hybridized carbons (Fsp3) is 0.600. The topological polar surface area (TPSA) is 38.0 Å². The first kappa shape index (κ1) is 12.3. The summed E-state index contributed by atoms with van der Waals surface area (Å²) in [5.74, 6) is 0. The number of hydrogen-bond donors (Lipinski definition) is 2. The van der Waals surface area contributed by atoms with Crippen molar-refractivity contribution in [1.29, 1.82) is 0 Å². The third kappa shape index (κ3) is 3.15. The van der Waals surface area contributed by atoms with E-state index in [0.717, 1.165) is 11.4 Å². The van der Waals surface area contributed by atoms with Gasteiger partial charge >= 0.3 is 0 Å². The van der Waals surface area contributed by atoms with Gasteiger partial charge in [0.05, 0.1) is 11.4 Å². The Hall–Kier alpha value is -1.18. The highest BCUT2D eigenvalue weighted by Gasteiger charge is 2.26. The summed E-state index contributed by atoms with van der Waals surface area (Å²) in [5, 5.41) is 3.59. The Morgan fingerprint density at radius 1 is 1.24 bits per heavy atom. The van der Waals surface area contributed by atoms with Gasteiger partial charge in [-0.05, 0) is 55.7 Å². The van der Waals surface area contributed by atoms with Crippen LogP contribution in [0.4, 0.5) is 11.4 Å². The standard InChI is InChI=1S/C15H24N2/c1-11-4-5-14(13(16)10-11)17-12-6-8-15(2,3)9-7-12/h4-5,10,12,17H,6-9,16H2,1-3H3. The summed E-state index contributed by atoms with van der Waals surface area (Å²) in [6.07, 6.45) is 5.10. The zero-order valence-corrected chi connectivity index (χ0v) is 11.2. The average molecular weight is 232 g/mol. The van der Waals surface area contributed by atoms with Gasteiger partial charge in [-0.15, -0.1) is 0 Å². The second-order valence-electron chi connectivity index (χ2n) is 6.17. The fourth-order valence-electron chi connectivity index (χ4n) is 2.58. The van der Waals surface area contributed by atoms with E-state index < -0.39 is 0 Å². The first-order chi connectivity index (χ1) is 7.96. The summed E-state index contributed by atoms with van der Waals surface area (Å²) in [6.45, 7) is 6.80. The molecule has 2 nitrogen and oxygen atoms in total. The lowest BCUT2D eigenvalue weighted by molar-refractivity contribution is 0.232. The van der Waals surface area contributed by atoms with Gasteiger partial charge in [0.1, 0.15) is 0 Å². The highest BCUT2D eigenvalue weighted by Crippen LogP contribution is 2.36. The van der Waals surface area contributed by atoms with Crippen LogP contribution in [-0.4, -0.2) is 6.04 Å². The molecule has 94 valence electrons. The van der Waals surface area contributed by atoms with Crippen LogP contribution in [0.2, 0.25) is 0 Å². The quantitative estimate of drug-likeness (QED) is 0.757. The molecule has 1 fully saturated rings. The van der Waals surface area contributed by atoms with Gasteiger partial charge in [-0.25, -0.2) is 0 Å². The minimum atomic E-state index is 0.525. The molecule has 0 aromatic heterocycles. The van der Waals surface area contributed by atoms with E-state index in [1.54, 1.807) is 0 Å². The predicted molar refractivity (Wildman–Crippen MR) is 75.3 cm³/mol. The summed E-state index contributed by atoms with van der Waals surface area (Å²) >= 11 is 0. The van der Waals surface area contributed by atoms with Gasteiger partial charge < -0.3 is 11.1 Å². The maximum atomic E-state index is 6.03. The molecule has 1 saturated carbocycles. The molecule has 2 heteroatoms. The molecule has 1 aliphatic carbocycles. The van der Waals surface area contributed by atoms with Gasteiger partial charge in [0.2, 0.25) is 0 Å². The lowest BCUT2D eigenvalue weighted by atomic mass is 9.75. The first-order valence-corrected chi connectivity index (χ1v) is 6.59. The Balaban J connectivity index is 1.98. The predicted octanol–water partition coefficient (Wildman–Crippen LogP) is 3.96. The maximum Gasteiger partial charge on any atom is 0.0576 e. The van der Waals surface area contributed by atoms with Gasteiger partial charge in [-0.3, -0.25) is 0 Å². The van der Waals surface area contributed by atoms with E-state index >= 15 is 0 Å². The maximum absolute atomic E-state index is 6.03. The Bertz CT molecular complexity index is 386. The highest BCUT2D eigenvalue weighted by molar-refractivity contribution is 5.67. The van der Waals surface area contributed by atoms with E-state index in [2.05, 4.69) is 38.2 Å². The molecular weight excluding hydrogens is 208 g/mol. The van der Waals surface area contributed by atoms with E-state index in [1.807, 2.05) is 6.07 Å². The molecule has 0 spiro atoms. The first-order valence-electron chi connectivity index (χ1n) is 6.59. The summed E-state index contributed by atoms with van der Waals surface area (Å²) in [4.78, 5) is 0. The third-order valence-corrected chi connectivity index (χ3v) is 3.91. The van der Waals surface area contributed by atoms with E-state index in [4.69, 9.17) is 5.73 Å². The molecule has 1 aromatic carbocycles. The van der Waals surface area contributed by atoms with Gasteiger partial charge in [0.15, 0.2) is 0 Å². The van der Waals surface area contributed by atoms with Crippen molar-refractivity contribution in [3.63, 3.8) is 0 Å². The molecular formula is C15H24N2. The highest BCUT2D eigenvalue weighted by atomic mass is 14.9. The van der Waals surface area contributed by atoms with Gasteiger partial charge in [-0.2, -0.15) is 0 Å². The van der Waals surface area contributed by atoms with E-state index in [-0.39, 0.29) is 0 Å². The summed E-state index contributed by atoms with van der Waals surface area (Å²) < 4.78 is 0. The van der Waals surface area contributed by atoms with Crippen LogP contribution < -0.4 is 11.1 Å². The Morgan fingerprint density at radius 3 is 2.47 bits per heavy atom. The molecule has 0 radical (unpaired) electrons. The number of nitrogens with two attached hydrogens (primary N) is 1. The van der Waals surface area contributed by atoms with Crippen molar-refractivity contribution in [3.05, 3.63) is 23.8 Å². The molecule has 0 aliphatic heterocycles. The van der Waals surface area contributed by atoms with E-state index in [0.29, 0.717) is 11.5 Å². The van der Waals surface area contributed by atoms with Crippen molar-refractivity contribution < 1.29 is 0 Å². The molecule has 1 aromatic rings. The molecule has 2 rings (SSSR count). The summed E-state index contributed by atoms with van der Waals surface area (Å²) in [6, 6.07) is 6.85. The number of nitrogen functional groups attached to an aromatic ring is 1. The molecule has 0 unspecified atom stereocenters. The SMILES string of the molecule is Cc1ccc(NC2CCC(C)(C)CC2)c(N)c1. The minimum Gasteiger partial charge on any atom is -0.397 e. The number of rotatable bonds is 2. The van der Waals surface area contributed by atoms with Crippen LogP contribution in [0.3, 0.4) is 0 Å². The Labute approximate surface area is 105 Å². The summed E-state index contributed by atoms with van der Waals surface area (Å²) in [5.41, 5.74) is 9.74. The van der Waals surface area contributed by atoms with Gasteiger partial charge in [0.25, 0.3) is 0 Å². The number of benzene rings is 1. The molecule has 3 N–H and O–H groups in total. The zero-order valence-electron chi connectivity index (χ0n) is 11.2. The third-order valence-electron chi connectivity index (χ3n) is 3.91. The van der Waals surface area contributed by atoms with Crippen LogP contribution in [0.15, 0.2) is 18.2 Å². The Kier molecular flexibility index (Phi) is 3.32. The van der Waals surface area contributed by atoms with Crippen LogP contribution >= 0.6 is 0 Å². The lowest BCUT2D eigenvalue weighted by Gasteiger charge is -2.35. The van der Waals surface area contributed by atoms with Crippen molar-refractivity contribution in [2.24, 2.45) is 5.41 Å². The number of nitrogens with one attached hydrogen (secondary N) is 1. The number of hydrogen-bond acceptors (Lipinski definition) is 2. The Morgan fingerprint density at radius 2 is 1.88 bits per heavy atom.